The van der Waals surface area contributed by atoms with E-state index in [1.165, 1.54) is 43.2 Å². The largest absolute Gasteiger partial charge is 0.198 e. The highest BCUT2D eigenvalue weighted by atomic mass is 14.3. The van der Waals surface area contributed by atoms with Gasteiger partial charge >= 0.3 is 0 Å². The molecule has 0 N–H and O–H groups in total. The van der Waals surface area contributed by atoms with E-state index in [0.717, 1.165) is 18.8 Å². The van der Waals surface area contributed by atoms with E-state index in [1.807, 2.05) is 0 Å². The van der Waals surface area contributed by atoms with Crippen LogP contribution in [-0.4, -0.2) is 0 Å². The van der Waals surface area contributed by atoms with Gasteiger partial charge in [0.2, 0.25) is 0 Å². The Morgan fingerprint density at radius 2 is 1.80 bits per heavy atom. The minimum atomic E-state index is 0.307. The van der Waals surface area contributed by atoms with Gasteiger partial charge in [-0.05, 0) is 61.5 Å². The van der Waals surface area contributed by atoms with Gasteiger partial charge in [-0.3, -0.25) is 0 Å². The van der Waals surface area contributed by atoms with Crippen molar-refractivity contribution in [2.24, 2.45) is 11.8 Å². The smallest absolute Gasteiger partial charge is 0.0655 e. The minimum Gasteiger partial charge on any atom is -0.198 e. The minimum absolute atomic E-state index is 0.307. The maximum atomic E-state index is 8.96. The molecule has 1 unspecified atom stereocenters. The van der Waals surface area contributed by atoms with Crippen molar-refractivity contribution in [3.8, 4) is 6.07 Å². The summed E-state index contributed by atoms with van der Waals surface area (Å²) in [6, 6.07) is 11.7. The summed E-state index contributed by atoms with van der Waals surface area (Å²) < 4.78 is 0. The average Bonchev–Trinajstić information content (AvgIpc) is 2.53. The lowest BCUT2D eigenvalue weighted by atomic mass is 9.79. The molecule has 0 aliphatic heterocycles. The molecule has 1 fully saturated rings. The van der Waals surface area contributed by atoms with Crippen LogP contribution < -0.4 is 0 Å². The van der Waals surface area contributed by atoms with Crippen LogP contribution in [0.15, 0.2) is 24.3 Å². The lowest BCUT2D eigenvalue weighted by Crippen LogP contribution is -2.11. The first kappa shape index (κ1) is 15.1. The van der Waals surface area contributed by atoms with Gasteiger partial charge in [-0.2, -0.15) is 5.26 Å². The molecule has 108 valence electrons. The van der Waals surface area contributed by atoms with Crippen molar-refractivity contribution in [3.05, 3.63) is 35.4 Å². The van der Waals surface area contributed by atoms with Crippen LogP contribution in [0.25, 0.3) is 0 Å². The van der Waals surface area contributed by atoms with Gasteiger partial charge in [0.05, 0.1) is 6.07 Å². The third-order valence-corrected chi connectivity index (χ3v) is 4.98. The van der Waals surface area contributed by atoms with Crippen LogP contribution in [0.4, 0.5) is 0 Å². The Hall–Kier alpha value is -1.29. The van der Waals surface area contributed by atoms with E-state index in [1.54, 1.807) is 0 Å². The van der Waals surface area contributed by atoms with E-state index in [2.05, 4.69) is 44.2 Å². The van der Waals surface area contributed by atoms with E-state index >= 15 is 0 Å². The second kappa shape index (κ2) is 7.48. The molecule has 1 aliphatic carbocycles. The topological polar surface area (TPSA) is 23.8 Å². The second-order valence-electron chi connectivity index (χ2n) is 6.47. The molecule has 1 aromatic carbocycles. The van der Waals surface area contributed by atoms with E-state index in [0.29, 0.717) is 11.8 Å². The zero-order valence-electron chi connectivity index (χ0n) is 12.9. The molecule has 1 aromatic rings. The Morgan fingerprint density at radius 1 is 1.15 bits per heavy atom. The van der Waals surface area contributed by atoms with Crippen molar-refractivity contribution in [3.63, 3.8) is 0 Å². The predicted molar refractivity (Wildman–Crippen MR) is 84.5 cm³/mol. The van der Waals surface area contributed by atoms with Crippen LogP contribution in [-0.2, 0) is 6.42 Å². The molecule has 20 heavy (non-hydrogen) atoms. The fourth-order valence-corrected chi connectivity index (χ4v) is 3.13. The Morgan fingerprint density at radius 3 is 2.35 bits per heavy atom. The van der Waals surface area contributed by atoms with Crippen LogP contribution in [0.3, 0.4) is 0 Å². The van der Waals surface area contributed by atoms with Crippen LogP contribution >= 0.6 is 0 Å². The molecule has 2 rings (SSSR count). The summed E-state index contributed by atoms with van der Waals surface area (Å²) in [6.07, 6.45) is 8.31. The molecule has 0 bridgehead atoms. The molecule has 1 heteroatoms. The lowest BCUT2D eigenvalue weighted by molar-refractivity contribution is 0.382. The number of hydrogen-bond acceptors (Lipinski definition) is 1. The third-order valence-electron chi connectivity index (χ3n) is 4.98. The van der Waals surface area contributed by atoms with Gasteiger partial charge in [-0.25, -0.2) is 0 Å². The highest BCUT2D eigenvalue weighted by Gasteiger charge is 2.21. The van der Waals surface area contributed by atoms with Gasteiger partial charge < -0.3 is 0 Å². The maximum absolute atomic E-state index is 8.96. The van der Waals surface area contributed by atoms with E-state index < -0.39 is 0 Å². The first-order chi connectivity index (χ1) is 9.72. The molecule has 0 radical (unpaired) electrons. The number of rotatable bonds is 5. The lowest BCUT2D eigenvalue weighted by Gasteiger charge is -2.25. The Balaban J connectivity index is 1.87. The predicted octanol–water partition coefficient (Wildman–Crippen LogP) is 5.46. The standard InChI is InChI=1S/C19H27N/c1-3-15(2)4-5-16-6-10-18(11-7-16)19-12-8-17(14-20)9-13-19/h6-7,10-11,15,17,19H,3-5,8-9,12-13H2,1-2H3. The average molecular weight is 269 g/mol. The van der Waals surface area contributed by atoms with Crippen LogP contribution in [0.2, 0.25) is 0 Å². The summed E-state index contributed by atoms with van der Waals surface area (Å²) in [7, 11) is 0. The fraction of sp³-hybridized carbons (Fsp3) is 0.632. The molecule has 0 heterocycles. The summed E-state index contributed by atoms with van der Waals surface area (Å²) in [4.78, 5) is 0. The summed E-state index contributed by atoms with van der Waals surface area (Å²) in [5.41, 5.74) is 2.95. The van der Waals surface area contributed by atoms with Gasteiger partial charge in [0, 0.05) is 5.92 Å². The molecule has 1 nitrogen and oxygen atoms in total. The zero-order chi connectivity index (χ0) is 14.4. The van der Waals surface area contributed by atoms with E-state index in [9.17, 15) is 0 Å². The van der Waals surface area contributed by atoms with Crippen LogP contribution in [0, 0.1) is 23.2 Å². The molecule has 1 aliphatic rings. The van der Waals surface area contributed by atoms with Crippen molar-refractivity contribution in [2.45, 2.75) is 64.7 Å². The monoisotopic (exact) mass is 269 g/mol. The van der Waals surface area contributed by atoms with Gasteiger partial charge in [0.1, 0.15) is 0 Å². The summed E-state index contributed by atoms with van der Waals surface area (Å²) in [6.45, 7) is 4.60. The normalized spacial score (nSPS) is 24.1. The van der Waals surface area contributed by atoms with Crippen LogP contribution in [0.5, 0.6) is 0 Å². The third kappa shape index (κ3) is 4.10. The van der Waals surface area contributed by atoms with Crippen molar-refractivity contribution in [1.29, 1.82) is 5.26 Å². The van der Waals surface area contributed by atoms with Crippen molar-refractivity contribution in [2.75, 3.05) is 0 Å². The summed E-state index contributed by atoms with van der Waals surface area (Å²) in [5, 5.41) is 8.96. The summed E-state index contributed by atoms with van der Waals surface area (Å²) in [5.74, 6) is 1.82. The van der Waals surface area contributed by atoms with Gasteiger partial charge in [-0.15, -0.1) is 0 Å². The van der Waals surface area contributed by atoms with Crippen molar-refractivity contribution < 1.29 is 0 Å². The zero-order valence-corrected chi connectivity index (χ0v) is 12.9. The molecule has 0 spiro atoms. The van der Waals surface area contributed by atoms with E-state index in [-0.39, 0.29) is 0 Å². The Bertz CT molecular complexity index is 432. The molecule has 1 saturated carbocycles. The van der Waals surface area contributed by atoms with Gasteiger partial charge in [-0.1, -0.05) is 44.5 Å². The molecular weight excluding hydrogens is 242 g/mol. The van der Waals surface area contributed by atoms with Crippen molar-refractivity contribution in [1.82, 2.24) is 0 Å². The highest BCUT2D eigenvalue weighted by molar-refractivity contribution is 5.26. The first-order valence-corrected chi connectivity index (χ1v) is 8.21. The maximum Gasteiger partial charge on any atom is 0.0655 e. The van der Waals surface area contributed by atoms with Crippen LogP contribution in [0.1, 0.15) is 69.4 Å². The molecule has 0 amide bonds. The number of nitriles is 1. The van der Waals surface area contributed by atoms with E-state index in [4.69, 9.17) is 5.26 Å². The molecule has 0 saturated heterocycles. The second-order valence-corrected chi connectivity index (χ2v) is 6.47. The quantitative estimate of drug-likeness (QED) is 0.696. The highest BCUT2D eigenvalue weighted by Crippen LogP contribution is 2.35. The Labute approximate surface area is 124 Å². The fourth-order valence-electron chi connectivity index (χ4n) is 3.13. The first-order valence-electron chi connectivity index (χ1n) is 8.21. The number of benzene rings is 1. The van der Waals surface area contributed by atoms with Gasteiger partial charge in [0.25, 0.3) is 0 Å². The Kier molecular flexibility index (Phi) is 5.65. The number of nitrogens with zero attached hydrogens (tertiary/aromatic N) is 1. The SMILES string of the molecule is CCC(C)CCc1ccc(C2CCC(C#N)CC2)cc1. The van der Waals surface area contributed by atoms with Crippen molar-refractivity contribution >= 4 is 0 Å². The number of hydrogen-bond donors (Lipinski definition) is 0. The number of aryl methyl sites for hydroxylation is 1. The van der Waals surface area contributed by atoms with Gasteiger partial charge in [0.15, 0.2) is 0 Å². The summed E-state index contributed by atoms with van der Waals surface area (Å²) >= 11 is 0. The molecule has 0 aromatic heterocycles. The molecular formula is C19H27N. The molecule has 1 atom stereocenters.